The van der Waals surface area contributed by atoms with Crippen LogP contribution < -0.4 is 4.74 Å². The lowest BCUT2D eigenvalue weighted by molar-refractivity contribution is -0.137. The quantitative estimate of drug-likeness (QED) is 0.466. The number of hydrogen-bond acceptors (Lipinski definition) is 3. The van der Waals surface area contributed by atoms with Gasteiger partial charge in [0.15, 0.2) is 0 Å². The fourth-order valence-corrected chi connectivity index (χ4v) is 1.54. The molecule has 0 saturated carbocycles. The fraction of sp³-hybridized carbons (Fsp3) is 0.364. The summed E-state index contributed by atoms with van der Waals surface area (Å²) >= 11 is 0. The fourth-order valence-electron chi connectivity index (χ4n) is 1.54. The SMILES string of the molecule is COc1ccccc1C(CCC(=O)O)N=[N+]=[N-]. The molecule has 1 atom stereocenters. The van der Waals surface area contributed by atoms with Crippen molar-refractivity contribution in [1.29, 1.82) is 0 Å². The molecule has 0 aliphatic carbocycles. The van der Waals surface area contributed by atoms with Crippen LogP contribution >= 0.6 is 0 Å². The topological polar surface area (TPSA) is 95.3 Å². The number of azide groups is 1. The van der Waals surface area contributed by atoms with Crippen LogP contribution in [0.3, 0.4) is 0 Å². The number of aliphatic carboxylic acids is 1. The van der Waals surface area contributed by atoms with E-state index >= 15 is 0 Å². The van der Waals surface area contributed by atoms with Crippen LogP contribution in [-0.2, 0) is 4.79 Å². The predicted molar refractivity (Wildman–Crippen MR) is 61.8 cm³/mol. The molecule has 1 unspecified atom stereocenters. The van der Waals surface area contributed by atoms with Crippen LogP contribution in [0.2, 0.25) is 0 Å². The van der Waals surface area contributed by atoms with Gasteiger partial charge in [0.2, 0.25) is 0 Å². The minimum absolute atomic E-state index is 0.0538. The lowest BCUT2D eigenvalue weighted by Gasteiger charge is -2.14. The molecular weight excluding hydrogens is 222 g/mol. The number of carbonyl (C=O) groups is 1. The normalized spacial score (nSPS) is 11.4. The molecule has 1 aromatic rings. The maximum atomic E-state index is 10.5. The Morgan fingerprint density at radius 1 is 1.59 bits per heavy atom. The van der Waals surface area contributed by atoms with Crippen molar-refractivity contribution in [3.63, 3.8) is 0 Å². The highest BCUT2D eigenvalue weighted by molar-refractivity contribution is 5.66. The second-order valence-electron chi connectivity index (χ2n) is 3.40. The van der Waals surface area contributed by atoms with Crippen LogP contribution in [0, 0.1) is 0 Å². The van der Waals surface area contributed by atoms with E-state index in [0.717, 1.165) is 0 Å². The Hall–Kier alpha value is -2.20. The molecule has 0 aromatic heterocycles. The average molecular weight is 235 g/mol. The van der Waals surface area contributed by atoms with Crippen LogP contribution in [0.15, 0.2) is 29.4 Å². The van der Waals surface area contributed by atoms with Crippen molar-refractivity contribution < 1.29 is 14.6 Å². The Morgan fingerprint density at radius 2 is 2.29 bits per heavy atom. The molecule has 0 aliphatic rings. The molecule has 17 heavy (non-hydrogen) atoms. The van der Waals surface area contributed by atoms with Gasteiger partial charge in [-0.25, -0.2) is 0 Å². The number of nitrogens with zero attached hydrogens (tertiary/aromatic N) is 3. The first-order chi connectivity index (χ1) is 8.19. The van der Waals surface area contributed by atoms with Gasteiger partial charge in [0.05, 0.1) is 13.2 Å². The van der Waals surface area contributed by atoms with Gasteiger partial charge >= 0.3 is 5.97 Å². The molecule has 0 amide bonds. The summed E-state index contributed by atoms with van der Waals surface area (Å²) < 4.78 is 5.15. The summed E-state index contributed by atoms with van der Waals surface area (Å²) in [6, 6.07) is 6.58. The summed E-state index contributed by atoms with van der Waals surface area (Å²) in [7, 11) is 1.52. The Morgan fingerprint density at radius 3 is 2.88 bits per heavy atom. The maximum absolute atomic E-state index is 10.5. The van der Waals surface area contributed by atoms with Gasteiger partial charge in [-0.1, -0.05) is 23.3 Å². The second-order valence-corrected chi connectivity index (χ2v) is 3.40. The first-order valence-electron chi connectivity index (χ1n) is 5.08. The van der Waals surface area contributed by atoms with Gasteiger partial charge in [0.1, 0.15) is 5.75 Å². The molecule has 1 N–H and O–H groups in total. The Balaban J connectivity index is 2.96. The van der Waals surface area contributed by atoms with Gasteiger partial charge < -0.3 is 9.84 Å². The largest absolute Gasteiger partial charge is 0.496 e. The van der Waals surface area contributed by atoms with Gasteiger partial charge in [-0.15, -0.1) is 0 Å². The van der Waals surface area contributed by atoms with Crippen LogP contribution in [0.4, 0.5) is 0 Å². The number of carboxylic acids is 1. The first kappa shape index (κ1) is 12.9. The van der Waals surface area contributed by atoms with Crippen molar-refractivity contribution in [3.05, 3.63) is 40.3 Å². The summed E-state index contributed by atoms with van der Waals surface area (Å²) in [6.07, 6.45) is 0.196. The van der Waals surface area contributed by atoms with Crippen LogP contribution in [0.5, 0.6) is 5.75 Å². The standard InChI is InChI=1S/C11H13N3O3/c1-17-10-5-3-2-4-8(10)9(13-14-12)6-7-11(15)16/h2-5,9H,6-7H2,1H3,(H,15,16). The Kier molecular flexibility index (Phi) is 4.84. The van der Waals surface area contributed by atoms with E-state index in [-0.39, 0.29) is 12.8 Å². The van der Waals surface area contributed by atoms with Gasteiger partial charge in [-0.05, 0) is 18.0 Å². The lowest BCUT2D eigenvalue weighted by Crippen LogP contribution is -2.02. The van der Waals surface area contributed by atoms with E-state index < -0.39 is 12.0 Å². The second kappa shape index (κ2) is 6.40. The van der Waals surface area contributed by atoms with E-state index in [2.05, 4.69) is 10.0 Å². The van der Waals surface area contributed by atoms with Gasteiger partial charge in [0, 0.05) is 16.9 Å². The number of hydrogen-bond donors (Lipinski definition) is 1. The molecule has 90 valence electrons. The van der Waals surface area contributed by atoms with E-state index in [1.54, 1.807) is 24.3 Å². The summed E-state index contributed by atoms with van der Waals surface area (Å²) in [6.45, 7) is 0. The molecule has 1 rings (SSSR count). The molecular formula is C11H13N3O3. The first-order valence-corrected chi connectivity index (χ1v) is 5.08. The monoisotopic (exact) mass is 235 g/mol. The number of benzene rings is 1. The van der Waals surface area contributed by atoms with Crippen molar-refractivity contribution in [2.45, 2.75) is 18.9 Å². The molecule has 0 fully saturated rings. The number of rotatable bonds is 6. The van der Waals surface area contributed by atoms with E-state index in [4.69, 9.17) is 15.4 Å². The third kappa shape index (κ3) is 3.70. The van der Waals surface area contributed by atoms with Crippen molar-refractivity contribution >= 4 is 5.97 Å². The minimum Gasteiger partial charge on any atom is -0.496 e. The number of carboxylic acid groups (broad SMARTS) is 1. The van der Waals surface area contributed by atoms with Crippen LogP contribution in [0.25, 0.3) is 10.4 Å². The molecule has 0 saturated heterocycles. The highest BCUT2D eigenvalue weighted by Crippen LogP contribution is 2.30. The Labute approximate surface area is 98.5 Å². The van der Waals surface area contributed by atoms with Crippen LogP contribution in [0.1, 0.15) is 24.4 Å². The summed E-state index contributed by atoms with van der Waals surface area (Å²) in [4.78, 5) is 13.3. The third-order valence-corrected chi connectivity index (χ3v) is 2.32. The van der Waals surface area contributed by atoms with Gasteiger partial charge in [0.25, 0.3) is 0 Å². The minimum atomic E-state index is -0.918. The molecule has 6 heteroatoms. The van der Waals surface area contributed by atoms with E-state index in [0.29, 0.717) is 11.3 Å². The third-order valence-electron chi connectivity index (χ3n) is 2.32. The molecule has 0 heterocycles. The Bertz CT molecular complexity index is 441. The van der Waals surface area contributed by atoms with E-state index in [1.807, 2.05) is 0 Å². The highest BCUT2D eigenvalue weighted by atomic mass is 16.5. The van der Waals surface area contributed by atoms with E-state index in [9.17, 15) is 4.79 Å². The van der Waals surface area contributed by atoms with Crippen molar-refractivity contribution in [3.8, 4) is 5.75 Å². The lowest BCUT2D eigenvalue weighted by atomic mass is 10.0. The van der Waals surface area contributed by atoms with Crippen molar-refractivity contribution in [1.82, 2.24) is 0 Å². The highest BCUT2D eigenvalue weighted by Gasteiger charge is 2.15. The summed E-state index contributed by atoms with van der Waals surface area (Å²) in [5, 5.41) is 12.3. The average Bonchev–Trinajstić information content (AvgIpc) is 2.34. The summed E-state index contributed by atoms with van der Waals surface area (Å²) in [5.41, 5.74) is 9.20. The zero-order chi connectivity index (χ0) is 12.7. The van der Waals surface area contributed by atoms with Crippen molar-refractivity contribution in [2.24, 2.45) is 5.11 Å². The number of para-hydroxylation sites is 1. The molecule has 0 bridgehead atoms. The van der Waals surface area contributed by atoms with Gasteiger partial charge in [-0.2, -0.15) is 0 Å². The molecule has 0 aliphatic heterocycles. The zero-order valence-electron chi connectivity index (χ0n) is 9.41. The number of methoxy groups -OCH3 is 1. The smallest absolute Gasteiger partial charge is 0.303 e. The molecule has 6 nitrogen and oxygen atoms in total. The zero-order valence-corrected chi connectivity index (χ0v) is 9.41. The molecule has 1 aromatic carbocycles. The van der Waals surface area contributed by atoms with Crippen molar-refractivity contribution in [2.75, 3.05) is 7.11 Å². The van der Waals surface area contributed by atoms with Gasteiger partial charge in [-0.3, -0.25) is 4.79 Å². The maximum Gasteiger partial charge on any atom is 0.303 e. The van der Waals surface area contributed by atoms with E-state index in [1.165, 1.54) is 7.11 Å². The van der Waals surface area contributed by atoms with Crippen LogP contribution in [-0.4, -0.2) is 18.2 Å². The molecule has 0 spiro atoms. The number of ether oxygens (including phenoxy) is 1. The predicted octanol–water partition coefficient (Wildman–Crippen LogP) is 2.91. The summed E-state index contributed by atoms with van der Waals surface area (Å²) in [5.74, 6) is -0.326. The molecule has 0 radical (unpaired) electrons.